The van der Waals surface area contributed by atoms with Gasteiger partial charge in [0.05, 0.1) is 12.8 Å². The summed E-state index contributed by atoms with van der Waals surface area (Å²) in [5.41, 5.74) is 0.939. The molecular formula is C17H24N4OS. The summed E-state index contributed by atoms with van der Waals surface area (Å²) in [7, 11) is 0. The van der Waals surface area contributed by atoms with Gasteiger partial charge in [-0.15, -0.1) is 0 Å². The number of ether oxygens (including phenoxy) is 1. The van der Waals surface area contributed by atoms with Gasteiger partial charge in [-0.05, 0) is 37.2 Å². The van der Waals surface area contributed by atoms with Crippen molar-refractivity contribution in [2.24, 2.45) is 5.10 Å². The van der Waals surface area contributed by atoms with Crippen molar-refractivity contribution in [3.05, 3.63) is 40.4 Å². The average molecular weight is 332 g/mol. The van der Waals surface area contributed by atoms with E-state index in [0.29, 0.717) is 4.77 Å². The normalized spacial score (nSPS) is 11.2. The zero-order valence-corrected chi connectivity index (χ0v) is 14.6. The number of unbranched alkanes of at least 4 members (excludes halogenated alkanes) is 2. The highest BCUT2D eigenvalue weighted by Crippen LogP contribution is 2.16. The van der Waals surface area contributed by atoms with E-state index in [2.05, 4.69) is 29.1 Å². The lowest BCUT2D eigenvalue weighted by Crippen LogP contribution is -2.02. The molecule has 1 heterocycles. The maximum Gasteiger partial charge on any atom is 0.216 e. The van der Waals surface area contributed by atoms with Crippen LogP contribution in [0.4, 0.5) is 0 Å². The molecule has 23 heavy (non-hydrogen) atoms. The number of para-hydroxylation sites is 1. The van der Waals surface area contributed by atoms with Gasteiger partial charge < -0.3 is 4.74 Å². The number of aryl methyl sites for hydroxylation is 1. The fraction of sp³-hybridized carbons (Fsp3) is 0.471. The first-order chi connectivity index (χ1) is 11.3. The van der Waals surface area contributed by atoms with E-state index in [0.717, 1.165) is 43.0 Å². The SMILES string of the molecule is CCCCCOc1ccccc1/C=N/n1c(CCC)n[nH]c1=S. The Kier molecular flexibility index (Phi) is 7.00. The molecule has 6 heteroatoms. The van der Waals surface area contributed by atoms with E-state index in [4.69, 9.17) is 17.0 Å². The Labute approximate surface area is 142 Å². The van der Waals surface area contributed by atoms with Gasteiger partial charge in [0.1, 0.15) is 5.75 Å². The Morgan fingerprint density at radius 3 is 2.87 bits per heavy atom. The molecular weight excluding hydrogens is 308 g/mol. The molecule has 0 saturated carbocycles. The number of nitrogens with zero attached hydrogens (tertiary/aromatic N) is 3. The van der Waals surface area contributed by atoms with Crippen molar-refractivity contribution in [3.63, 3.8) is 0 Å². The lowest BCUT2D eigenvalue weighted by Gasteiger charge is -2.08. The molecule has 0 spiro atoms. The molecule has 0 atom stereocenters. The Balaban J connectivity index is 2.13. The molecule has 2 aromatic rings. The van der Waals surface area contributed by atoms with E-state index in [1.54, 1.807) is 10.9 Å². The van der Waals surface area contributed by atoms with Gasteiger partial charge in [-0.1, -0.05) is 38.8 Å². The third-order valence-corrected chi connectivity index (χ3v) is 3.69. The van der Waals surface area contributed by atoms with Gasteiger partial charge in [-0.25, -0.2) is 0 Å². The summed E-state index contributed by atoms with van der Waals surface area (Å²) in [6, 6.07) is 7.90. The highest BCUT2D eigenvalue weighted by molar-refractivity contribution is 7.71. The van der Waals surface area contributed by atoms with Crippen molar-refractivity contribution in [2.45, 2.75) is 46.0 Å². The second kappa shape index (κ2) is 9.25. The number of hydrogen-bond acceptors (Lipinski definition) is 4. The first-order valence-electron chi connectivity index (χ1n) is 8.18. The van der Waals surface area contributed by atoms with Gasteiger partial charge in [0.25, 0.3) is 0 Å². The van der Waals surface area contributed by atoms with Crippen molar-refractivity contribution < 1.29 is 4.74 Å². The summed E-state index contributed by atoms with van der Waals surface area (Å²) in [5.74, 6) is 1.69. The average Bonchev–Trinajstić information content (AvgIpc) is 2.91. The quantitative estimate of drug-likeness (QED) is 0.422. The summed E-state index contributed by atoms with van der Waals surface area (Å²) >= 11 is 5.23. The summed E-state index contributed by atoms with van der Waals surface area (Å²) in [4.78, 5) is 0. The lowest BCUT2D eigenvalue weighted by atomic mass is 10.2. The van der Waals surface area contributed by atoms with Gasteiger partial charge in [-0.3, -0.25) is 5.10 Å². The first-order valence-corrected chi connectivity index (χ1v) is 8.59. The van der Waals surface area contributed by atoms with Crippen LogP contribution in [0, 0.1) is 4.77 Å². The predicted molar refractivity (Wildman–Crippen MR) is 95.9 cm³/mol. The van der Waals surface area contributed by atoms with E-state index in [9.17, 15) is 0 Å². The standard InChI is InChI=1S/C17H24N4OS/c1-3-5-8-12-22-15-11-7-6-10-14(15)13-18-21-16(9-4-2)19-20-17(21)23/h6-7,10-11,13H,3-5,8-9,12H2,1-2H3,(H,20,23)/b18-13+. The maximum atomic E-state index is 5.87. The largest absolute Gasteiger partial charge is 0.493 e. The zero-order valence-electron chi connectivity index (χ0n) is 13.8. The number of hydrogen-bond donors (Lipinski definition) is 1. The Bertz CT molecular complexity index is 690. The van der Waals surface area contributed by atoms with Crippen molar-refractivity contribution in [1.82, 2.24) is 14.9 Å². The van der Waals surface area contributed by atoms with E-state index < -0.39 is 0 Å². The summed E-state index contributed by atoms with van der Waals surface area (Å²) in [6.45, 7) is 5.01. The van der Waals surface area contributed by atoms with Crippen molar-refractivity contribution in [2.75, 3.05) is 6.61 Å². The van der Waals surface area contributed by atoms with Gasteiger partial charge in [0, 0.05) is 12.0 Å². The minimum atomic E-state index is 0.506. The van der Waals surface area contributed by atoms with Crippen LogP contribution in [0.25, 0.3) is 0 Å². The van der Waals surface area contributed by atoms with Gasteiger partial charge in [0.15, 0.2) is 5.82 Å². The third-order valence-electron chi connectivity index (χ3n) is 3.43. The van der Waals surface area contributed by atoms with Crippen LogP contribution in [0.3, 0.4) is 0 Å². The number of aromatic nitrogens is 3. The second-order valence-electron chi connectivity index (χ2n) is 5.34. The van der Waals surface area contributed by atoms with Crippen molar-refractivity contribution >= 4 is 18.4 Å². The van der Waals surface area contributed by atoms with Crippen LogP contribution in [-0.4, -0.2) is 27.7 Å². The van der Waals surface area contributed by atoms with Crippen LogP contribution < -0.4 is 4.74 Å². The van der Waals surface area contributed by atoms with E-state index in [-0.39, 0.29) is 0 Å². The Morgan fingerprint density at radius 1 is 1.26 bits per heavy atom. The molecule has 2 rings (SSSR count). The molecule has 124 valence electrons. The number of aromatic amines is 1. The van der Waals surface area contributed by atoms with Crippen LogP contribution in [0.2, 0.25) is 0 Å². The van der Waals surface area contributed by atoms with Crippen LogP contribution >= 0.6 is 12.2 Å². The molecule has 0 aliphatic heterocycles. The highest BCUT2D eigenvalue weighted by Gasteiger charge is 2.04. The second-order valence-corrected chi connectivity index (χ2v) is 5.73. The van der Waals surface area contributed by atoms with Gasteiger partial charge in [0.2, 0.25) is 4.77 Å². The molecule has 5 nitrogen and oxygen atoms in total. The highest BCUT2D eigenvalue weighted by atomic mass is 32.1. The fourth-order valence-corrected chi connectivity index (χ4v) is 2.40. The van der Waals surface area contributed by atoms with E-state index >= 15 is 0 Å². The fourth-order valence-electron chi connectivity index (χ4n) is 2.20. The predicted octanol–water partition coefficient (Wildman–Crippen LogP) is 4.34. The number of rotatable bonds is 9. The third kappa shape index (κ3) is 5.03. The smallest absolute Gasteiger partial charge is 0.216 e. The molecule has 1 aromatic heterocycles. The maximum absolute atomic E-state index is 5.87. The number of nitrogens with one attached hydrogen (secondary N) is 1. The number of H-pyrrole nitrogens is 1. The van der Waals surface area contributed by atoms with E-state index in [1.807, 2.05) is 24.3 Å². The summed E-state index contributed by atoms with van der Waals surface area (Å²) < 4.78 is 8.05. The molecule has 0 aliphatic carbocycles. The summed E-state index contributed by atoms with van der Waals surface area (Å²) in [6.07, 6.45) is 7.03. The van der Waals surface area contributed by atoms with Gasteiger partial charge >= 0.3 is 0 Å². The lowest BCUT2D eigenvalue weighted by molar-refractivity contribution is 0.306. The number of benzene rings is 1. The Hall–Kier alpha value is -1.95. The molecule has 0 fully saturated rings. The monoisotopic (exact) mass is 332 g/mol. The molecule has 0 amide bonds. The van der Waals surface area contributed by atoms with Crippen molar-refractivity contribution in [3.8, 4) is 5.75 Å². The summed E-state index contributed by atoms with van der Waals surface area (Å²) in [5, 5.41) is 11.5. The van der Waals surface area contributed by atoms with Crippen LogP contribution in [-0.2, 0) is 6.42 Å². The zero-order chi connectivity index (χ0) is 16.5. The van der Waals surface area contributed by atoms with Crippen LogP contribution in [0.15, 0.2) is 29.4 Å². The van der Waals surface area contributed by atoms with Crippen LogP contribution in [0.1, 0.15) is 50.9 Å². The topological polar surface area (TPSA) is 55.2 Å². The minimum absolute atomic E-state index is 0.506. The first kappa shape index (κ1) is 17.4. The minimum Gasteiger partial charge on any atom is -0.493 e. The van der Waals surface area contributed by atoms with Crippen LogP contribution in [0.5, 0.6) is 5.75 Å². The van der Waals surface area contributed by atoms with E-state index in [1.165, 1.54) is 12.8 Å². The molecule has 0 bridgehead atoms. The molecule has 1 aromatic carbocycles. The molecule has 1 N–H and O–H groups in total. The Morgan fingerprint density at radius 2 is 2.09 bits per heavy atom. The molecule has 0 saturated heterocycles. The molecule has 0 radical (unpaired) electrons. The van der Waals surface area contributed by atoms with Crippen molar-refractivity contribution in [1.29, 1.82) is 0 Å². The molecule has 0 aliphatic rings. The molecule has 0 unspecified atom stereocenters. The van der Waals surface area contributed by atoms with Gasteiger partial charge in [-0.2, -0.15) is 14.9 Å².